The van der Waals surface area contributed by atoms with Gasteiger partial charge in [0.15, 0.2) is 0 Å². The quantitative estimate of drug-likeness (QED) is 0.893. The zero-order valence-electron chi connectivity index (χ0n) is 11.6. The number of aliphatic hydroxyl groups is 1. The lowest BCUT2D eigenvalue weighted by Crippen LogP contribution is -2.50. The number of piperidine rings is 1. The molecular weight excluding hydrogens is 246 g/mol. The molecule has 2 nitrogen and oxygen atoms in total. The molecule has 1 saturated heterocycles. The summed E-state index contributed by atoms with van der Waals surface area (Å²) < 4.78 is 0. The van der Waals surface area contributed by atoms with E-state index in [0.717, 1.165) is 24.9 Å². The van der Waals surface area contributed by atoms with Gasteiger partial charge in [0.2, 0.25) is 0 Å². The van der Waals surface area contributed by atoms with E-state index in [-0.39, 0.29) is 5.54 Å². The number of hydrogen-bond acceptors (Lipinski definition) is 2. The highest BCUT2D eigenvalue weighted by Crippen LogP contribution is 2.41. The fourth-order valence-electron chi connectivity index (χ4n) is 3.22. The second-order valence-electron chi connectivity index (χ2n) is 5.53. The van der Waals surface area contributed by atoms with Gasteiger partial charge >= 0.3 is 0 Å². The Morgan fingerprint density at radius 1 is 0.900 bits per heavy atom. The van der Waals surface area contributed by atoms with E-state index in [0.29, 0.717) is 0 Å². The summed E-state index contributed by atoms with van der Waals surface area (Å²) in [7, 11) is 0. The van der Waals surface area contributed by atoms with Crippen molar-refractivity contribution in [2.45, 2.75) is 30.9 Å². The average molecular weight is 267 g/mol. The minimum Gasteiger partial charge on any atom is -0.386 e. The van der Waals surface area contributed by atoms with E-state index in [1.807, 2.05) is 48.5 Å². The monoisotopic (exact) mass is 267 g/mol. The lowest BCUT2D eigenvalue weighted by molar-refractivity contribution is 0.0368. The Labute approximate surface area is 120 Å². The van der Waals surface area contributed by atoms with Gasteiger partial charge in [-0.3, -0.25) is 0 Å². The largest absolute Gasteiger partial charge is 0.386 e. The summed E-state index contributed by atoms with van der Waals surface area (Å²) in [5.74, 6) is 0. The van der Waals surface area contributed by atoms with Gasteiger partial charge in [-0.2, -0.15) is 0 Å². The number of aliphatic hydroxyl groups excluding tert-OH is 1. The minimum atomic E-state index is -0.522. The molecule has 0 amide bonds. The molecule has 20 heavy (non-hydrogen) atoms. The van der Waals surface area contributed by atoms with Crippen molar-refractivity contribution in [3.05, 3.63) is 71.8 Å². The third-order valence-corrected chi connectivity index (χ3v) is 4.31. The maximum absolute atomic E-state index is 11.0. The van der Waals surface area contributed by atoms with Gasteiger partial charge in [0.05, 0.1) is 5.54 Å². The molecule has 2 aromatic carbocycles. The van der Waals surface area contributed by atoms with Crippen LogP contribution in [-0.4, -0.2) is 11.7 Å². The summed E-state index contributed by atoms with van der Waals surface area (Å²) in [5, 5.41) is 14.6. The molecule has 2 N–H and O–H groups in total. The Balaban J connectivity index is 2.02. The first kappa shape index (κ1) is 13.3. The number of hydrogen-bond donors (Lipinski definition) is 2. The summed E-state index contributed by atoms with van der Waals surface area (Å²) in [5.41, 5.74) is 1.79. The van der Waals surface area contributed by atoms with Gasteiger partial charge in [-0.15, -0.1) is 0 Å². The summed E-state index contributed by atoms with van der Waals surface area (Å²) in [4.78, 5) is 0. The van der Waals surface area contributed by atoms with Crippen LogP contribution in [0.3, 0.4) is 0 Å². The van der Waals surface area contributed by atoms with Gasteiger partial charge < -0.3 is 10.4 Å². The predicted octanol–water partition coefficient (Wildman–Crippen LogP) is 3.39. The van der Waals surface area contributed by atoms with Crippen molar-refractivity contribution in [1.29, 1.82) is 0 Å². The van der Waals surface area contributed by atoms with Gasteiger partial charge in [-0.1, -0.05) is 60.7 Å². The third-order valence-electron chi connectivity index (χ3n) is 4.31. The molecule has 0 radical (unpaired) electrons. The molecule has 0 aliphatic carbocycles. The molecule has 2 heteroatoms. The van der Waals surface area contributed by atoms with Crippen LogP contribution in [0.1, 0.15) is 36.5 Å². The molecule has 3 rings (SSSR count). The molecule has 0 aromatic heterocycles. The molecule has 1 aliphatic heterocycles. The molecule has 2 aromatic rings. The first-order valence-corrected chi connectivity index (χ1v) is 7.36. The molecule has 1 fully saturated rings. The van der Waals surface area contributed by atoms with E-state index in [9.17, 15) is 5.11 Å². The van der Waals surface area contributed by atoms with Crippen LogP contribution in [0.25, 0.3) is 0 Å². The Morgan fingerprint density at radius 3 is 2.15 bits per heavy atom. The lowest BCUT2D eigenvalue weighted by atomic mass is 9.75. The fraction of sp³-hybridized carbons (Fsp3) is 0.333. The second-order valence-corrected chi connectivity index (χ2v) is 5.53. The van der Waals surface area contributed by atoms with Crippen LogP contribution in [0.15, 0.2) is 60.7 Å². The Morgan fingerprint density at radius 2 is 1.55 bits per heavy atom. The predicted molar refractivity (Wildman–Crippen MR) is 81.4 cm³/mol. The third kappa shape index (κ3) is 2.37. The van der Waals surface area contributed by atoms with Crippen LogP contribution in [0, 0.1) is 0 Å². The smallest absolute Gasteiger partial charge is 0.101 e. The van der Waals surface area contributed by atoms with Crippen molar-refractivity contribution in [2.24, 2.45) is 0 Å². The van der Waals surface area contributed by atoms with Crippen LogP contribution in [0.5, 0.6) is 0 Å². The summed E-state index contributed by atoms with van der Waals surface area (Å²) in [6.45, 7) is 0.957. The van der Waals surface area contributed by atoms with E-state index in [4.69, 9.17) is 0 Å². The van der Waals surface area contributed by atoms with E-state index < -0.39 is 6.10 Å². The van der Waals surface area contributed by atoms with Crippen molar-refractivity contribution in [3.8, 4) is 0 Å². The number of nitrogens with one attached hydrogen (secondary N) is 1. The highest BCUT2D eigenvalue weighted by Gasteiger charge is 2.41. The Hall–Kier alpha value is -1.64. The molecule has 0 spiro atoms. The van der Waals surface area contributed by atoms with E-state index >= 15 is 0 Å². The van der Waals surface area contributed by atoms with E-state index in [2.05, 4.69) is 17.4 Å². The van der Waals surface area contributed by atoms with Crippen molar-refractivity contribution in [2.75, 3.05) is 6.54 Å². The lowest BCUT2D eigenvalue weighted by Gasteiger charge is -2.43. The molecule has 1 aliphatic rings. The second kappa shape index (κ2) is 5.78. The summed E-state index contributed by atoms with van der Waals surface area (Å²) >= 11 is 0. The van der Waals surface area contributed by atoms with Gasteiger partial charge in [0.1, 0.15) is 6.10 Å². The zero-order chi connectivity index (χ0) is 13.8. The Bertz CT molecular complexity index is 532. The van der Waals surface area contributed by atoms with Crippen LogP contribution < -0.4 is 5.32 Å². The molecule has 2 unspecified atom stereocenters. The normalized spacial score (nSPS) is 24.2. The topological polar surface area (TPSA) is 32.3 Å². The molecule has 1 heterocycles. The first-order valence-electron chi connectivity index (χ1n) is 7.36. The number of rotatable bonds is 3. The summed E-state index contributed by atoms with van der Waals surface area (Å²) in [6.07, 6.45) is 2.76. The molecule has 0 bridgehead atoms. The van der Waals surface area contributed by atoms with Gasteiger partial charge in [0, 0.05) is 0 Å². The van der Waals surface area contributed by atoms with E-state index in [1.165, 1.54) is 12.0 Å². The molecule has 2 atom stereocenters. The molecular formula is C18H21NO. The maximum Gasteiger partial charge on any atom is 0.101 e. The van der Waals surface area contributed by atoms with Crippen LogP contribution >= 0.6 is 0 Å². The minimum absolute atomic E-state index is 0.360. The molecule has 104 valence electrons. The average Bonchev–Trinajstić information content (AvgIpc) is 2.56. The van der Waals surface area contributed by atoms with Crippen molar-refractivity contribution in [3.63, 3.8) is 0 Å². The van der Waals surface area contributed by atoms with Crippen LogP contribution in [0.4, 0.5) is 0 Å². The first-order chi connectivity index (χ1) is 9.83. The van der Waals surface area contributed by atoms with Gasteiger partial charge in [-0.25, -0.2) is 0 Å². The fourth-order valence-corrected chi connectivity index (χ4v) is 3.22. The zero-order valence-corrected chi connectivity index (χ0v) is 11.6. The van der Waals surface area contributed by atoms with Gasteiger partial charge in [0.25, 0.3) is 0 Å². The van der Waals surface area contributed by atoms with Crippen LogP contribution in [0.2, 0.25) is 0 Å². The highest BCUT2D eigenvalue weighted by atomic mass is 16.3. The van der Waals surface area contributed by atoms with E-state index in [1.54, 1.807) is 0 Å². The van der Waals surface area contributed by atoms with Gasteiger partial charge in [-0.05, 0) is 36.9 Å². The highest BCUT2D eigenvalue weighted by molar-refractivity contribution is 5.32. The molecule has 0 saturated carbocycles. The SMILES string of the molecule is OC(c1ccccc1)C1(c2ccccc2)CCCCN1. The standard InChI is InChI=1S/C18H21NO/c20-17(15-9-3-1-4-10-15)18(13-7-8-14-19-18)16-11-5-2-6-12-16/h1-6,9-12,17,19-20H,7-8,13-14H2. The van der Waals surface area contributed by atoms with Crippen molar-refractivity contribution >= 4 is 0 Å². The Kier molecular flexibility index (Phi) is 3.86. The number of benzene rings is 2. The maximum atomic E-state index is 11.0. The van der Waals surface area contributed by atoms with Crippen molar-refractivity contribution < 1.29 is 5.11 Å². The van der Waals surface area contributed by atoms with Crippen molar-refractivity contribution in [1.82, 2.24) is 5.32 Å². The van der Waals surface area contributed by atoms with Crippen LogP contribution in [-0.2, 0) is 5.54 Å². The summed E-state index contributed by atoms with van der Waals surface area (Å²) in [6, 6.07) is 20.3.